The first-order valence-corrected chi connectivity index (χ1v) is 8.22. The lowest BCUT2D eigenvalue weighted by Gasteiger charge is -2.16. The number of para-hydroxylation sites is 1. The predicted octanol–water partition coefficient (Wildman–Crippen LogP) is 3.98. The van der Waals surface area contributed by atoms with Gasteiger partial charge in [0.25, 0.3) is 0 Å². The second kappa shape index (κ2) is 9.05. The van der Waals surface area contributed by atoms with E-state index in [2.05, 4.69) is 21.4 Å². The molecular formula is C18H25IN4. The molecule has 3 N–H and O–H groups in total. The standard InChI is InChI=1S/C18H24N4.HI/c19-18(22-15-7-3-1-2-4-8-15)21-13-14-11-12-20-17-10-6-5-9-16(14)17;/h5-6,9-12,15H,1-4,7-8,13H2,(H3,19,21,22);1H. The van der Waals surface area contributed by atoms with Crippen LogP contribution in [-0.4, -0.2) is 17.0 Å². The number of guanidine groups is 1. The number of fused-ring (bicyclic) bond motifs is 1. The first-order chi connectivity index (χ1) is 10.8. The third kappa shape index (κ3) is 5.06. The van der Waals surface area contributed by atoms with Crippen molar-refractivity contribution in [1.82, 2.24) is 10.3 Å². The molecule has 3 rings (SSSR count). The molecule has 1 heterocycles. The molecule has 1 aromatic carbocycles. The van der Waals surface area contributed by atoms with Gasteiger partial charge in [-0.1, -0.05) is 43.9 Å². The van der Waals surface area contributed by atoms with Crippen LogP contribution in [0.25, 0.3) is 10.9 Å². The number of hydrogen-bond donors (Lipinski definition) is 2. The number of hydrogen-bond acceptors (Lipinski definition) is 2. The van der Waals surface area contributed by atoms with Crippen molar-refractivity contribution in [3.8, 4) is 0 Å². The number of halogens is 1. The van der Waals surface area contributed by atoms with Crippen LogP contribution in [0, 0.1) is 0 Å². The molecule has 0 saturated heterocycles. The molecule has 0 spiro atoms. The summed E-state index contributed by atoms with van der Waals surface area (Å²) in [4.78, 5) is 8.90. The van der Waals surface area contributed by atoms with E-state index in [0.29, 0.717) is 18.5 Å². The number of nitrogens with two attached hydrogens (primary N) is 1. The van der Waals surface area contributed by atoms with Gasteiger partial charge in [-0.25, -0.2) is 4.99 Å². The zero-order chi connectivity index (χ0) is 15.2. The predicted molar refractivity (Wildman–Crippen MR) is 107 cm³/mol. The number of nitrogens with one attached hydrogen (secondary N) is 1. The van der Waals surface area contributed by atoms with Gasteiger partial charge in [0, 0.05) is 17.6 Å². The zero-order valence-corrected chi connectivity index (χ0v) is 15.7. The van der Waals surface area contributed by atoms with Crippen molar-refractivity contribution < 1.29 is 0 Å². The average molecular weight is 424 g/mol. The van der Waals surface area contributed by atoms with Crippen LogP contribution in [0.5, 0.6) is 0 Å². The summed E-state index contributed by atoms with van der Waals surface area (Å²) in [7, 11) is 0. The lowest BCUT2D eigenvalue weighted by atomic mass is 10.1. The van der Waals surface area contributed by atoms with E-state index in [1.54, 1.807) is 0 Å². The number of pyridine rings is 1. The third-order valence-electron chi connectivity index (χ3n) is 4.37. The molecule has 0 unspecified atom stereocenters. The Bertz CT molecular complexity index is 643. The highest BCUT2D eigenvalue weighted by Gasteiger charge is 2.12. The van der Waals surface area contributed by atoms with Crippen LogP contribution in [-0.2, 0) is 6.54 Å². The van der Waals surface area contributed by atoms with Gasteiger partial charge < -0.3 is 11.1 Å². The minimum Gasteiger partial charge on any atom is -0.370 e. The van der Waals surface area contributed by atoms with Crippen LogP contribution in [0.4, 0.5) is 0 Å². The third-order valence-corrected chi connectivity index (χ3v) is 4.37. The van der Waals surface area contributed by atoms with Crippen molar-refractivity contribution in [1.29, 1.82) is 0 Å². The summed E-state index contributed by atoms with van der Waals surface area (Å²) in [6.07, 6.45) is 9.52. The van der Waals surface area contributed by atoms with Crippen LogP contribution in [0.3, 0.4) is 0 Å². The molecule has 1 aliphatic carbocycles. The van der Waals surface area contributed by atoms with Gasteiger partial charge in [0.15, 0.2) is 5.96 Å². The van der Waals surface area contributed by atoms with Crippen LogP contribution < -0.4 is 11.1 Å². The van der Waals surface area contributed by atoms with E-state index in [4.69, 9.17) is 5.73 Å². The fourth-order valence-corrected chi connectivity index (χ4v) is 3.14. The van der Waals surface area contributed by atoms with Crippen LogP contribution in [0.15, 0.2) is 41.5 Å². The minimum atomic E-state index is 0. The van der Waals surface area contributed by atoms with Crippen LogP contribution >= 0.6 is 24.0 Å². The van der Waals surface area contributed by atoms with Crippen molar-refractivity contribution in [2.24, 2.45) is 10.7 Å². The lowest BCUT2D eigenvalue weighted by molar-refractivity contribution is 0.530. The molecule has 1 saturated carbocycles. The van der Waals surface area contributed by atoms with E-state index in [1.807, 2.05) is 30.5 Å². The quantitative estimate of drug-likeness (QED) is 0.339. The lowest BCUT2D eigenvalue weighted by Crippen LogP contribution is -2.39. The van der Waals surface area contributed by atoms with E-state index >= 15 is 0 Å². The Balaban J connectivity index is 0.00000192. The van der Waals surface area contributed by atoms with Crippen molar-refractivity contribution in [3.63, 3.8) is 0 Å². The molecule has 0 aliphatic heterocycles. The highest BCUT2D eigenvalue weighted by atomic mass is 127. The average Bonchev–Trinajstić information content (AvgIpc) is 2.81. The molecule has 1 aliphatic rings. The maximum atomic E-state index is 6.07. The maximum absolute atomic E-state index is 6.07. The van der Waals surface area contributed by atoms with E-state index in [0.717, 1.165) is 16.5 Å². The molecule has 0 amide bonds. The van der Waals surface area contributed by atoms with Gasteiger partial charge in [0.1, 0.15) is 0 Å². The highest BCUT2D eigenvalue weighted by Crippen LogP contribution is 2.18. The number of benzene rings is 1. The SMILES string of the molecule is I.NC(=NCc1ccnc2ccccc12)NC1CCCCCC1. The normalized spacial score (nSPS) is 16.6. The first-order valence-electron chi connectivity index (χ1n) is 8.22. The molecule has 0 atom stereocenters. The largest absolute Gasteiger partial charge is 0.370 e. The summed E-state index contributed by atoms with van der Waals surface area (Å²) in [6.45, 7) is 0.592. The second-order valence-corrected chi connectivity index (χ2v) is 6.02. The Morgan fingerprint density at radius 3 is 2.65 bits per heavy atom. The minimum absolute atomic E-state index is 0. The summed E-state index contributed by atoms with van der Waals surface area (Å²) in [5.74, 6) is 0.563. The molecule has 23 heavy (non-hydrogen) atoms. The second-order valence-electron chi connectivity index (χ2n) is 6.02. The van der Waals surface area contributed by atoms with Gasteiger partial charge >= 0.3 is 0 Å². The van der Waals surface area contributed by atoms with Gasteiger partial charge in [-0.15, -0.1) is 24.0 Å². The zero-order valence-electron chi connectivity index (χ0n) is 13.4. The summed E-state index contributed by atoms with van der Waals surface area (Å²) in [5, 5.41) is 4.54. The van der Waals surface area contributed by atoms with Crippen molar-refractivity contribution in [2.75, 3.05) is 0 Å². The summed E-state index contributed by atoms with van der Waals surface area (Å²) < 4.78 is 0. The van der Waals surface area contributed by atoms with E-state index < -0.39 is 0 Å². The Morgan fingerprint density at radius 2 is 1.87 bits per heavy atom. The number of aliphatic imine (C=N–C) groups is 1. The van der Waals surface area contributed by atoms with Gasteiger partial charge in [-0.2, -0.15) is 0 Å². The monoisotopic (exact) mass is 424 g/mol. The van der Waals surface area contributed by atoms with E-state index in [1.165, 1.54) is 38.5 Å². The highest BCUT2D eigenvalue weighted by molar-refractivity contribution is 14.0. The molecule has 124 valence electrons. The topological polar surface area (TPSA) is 63.3 Å². The van der Waals surface area contributed by atoms with E-state index in [-0.39, 0.29) is 24.0 Å². The van der Waals surface area contributed by atoms with E-state index in [9.17, 15) is 0 Å². The molecule has 1 aromatic heterocycles. The van der Waals surface area contributed by atoms with Gasteiger partial charge in [0.2, 0.25) is 0 Å². The van der Waals surface area contributed by atoms with Crippen molar-refractivity contribution >= 4 is 40.8 Å². The smallest absolute Gasteiger partial charge is 0.189 e. The fourth-order valence-electron chi connectivity index (χ4n) is 3.14. The molecule has 2 aromatic rings. The summed E-state index contributed by atoms with van der Waals surface area (Å²) in [5.41, 5.74) is 8.24. The molecule has 4 nitrogen and oxygen atoms in total. The molecule has 0 bridgehead atoms. The van der Waals surface area contributed by atoms with Crippen molar-refractivity contribution in [3.05, 3.63) is 42.1 Å². The van der Waals surface area contributed by atoms with Crippen LogP contribution in [0.1, 0.15) is 44.1 Å². The fraction of sp³-hybridized carbons (Fsp3) is 0.444. The van der Waals surface area contributed by atoms with Gasteiger partial charge in [-0.05, 0) is 30.5 Å². The number of nitrogens with zero attached hydrogens (tertiary/aromatic N) is 2. The summed E-state index contributed by atoms with van der Waals surface area (Å²) in [6, 6.07) is 10.7. The number of rotatable bonds is 3. The molecule has 5 heteroatoms. The maximum Gasteiger partial charge on any atom is 0.189 e. The Morgan fingerprint density at radius 1 is 1.13 bits per heavy atom. The first kappa shape index (κ1) is 18.0. The van der Waals surface area contributed by atoms with Crippen LogP contribution in [0.2, 0.25) is 0 Å². The van der Waals surface area contributed by atoms with Gasteiger partial charge in [0.05, 0.1) is 12.1 Å². The Hall–Kier alpha value is -1.37. The molecule has 1 fully saturated rings. The number of aromatic nitrogens is 1. The van der Waals surface area contributed by atoms with Gasteiger partial charge in [-0.3, -0.25) is 4.98 Å². The Kier molecular flexibility index (Phi) is 7.08. The molecule has 0 radical (unpaired) electrons. The van der Waals surface area contributed by atoms with Crippen molar-refractivity contribution in [2.45, 2.75) is 51.1 Å². The Labute approximate surface area is 155 Å². The molecular weight excluding hydrogens is 399 g/mol. The summed E-state index contributed by atoms with van der Waals surface area (Å²) >= 11 is 0.